The van der Waals surface area contributed by atoms with E-state index in [4.69, 9.17) is 9.84 Å². The molecule has 48 heavy (non-hydrogen) atoms. The predicted octanol–water partition coefficient (Wildman–Crippen LogP) is 11.4. The number of hydrogen-bond acceptors (Lipinski definition) is 4. The van der Waals surface area contributed by atoms with Crippen molar-refractivity contribution in [1.82, 2.24) is 5.32 Å². The fraction of sp³-hybridized carbons (Fsp3) is 0.643. The molecule has 0 spiro atoms. The molecular weight excluding hydrogens is 598 g/mol. The predicted molar refractivity (Wildman–Crippen MR) is 203 cm³/mol. The number of carboxylic acid groups (broad SMARTS) is 1. The summed E-state index contributed by atoms with van der Waals surface area (Å²) in [5.74, 6) is -1.32. The van der Waals surface area contributed by atoms with Crippen LogP contribution >= 0.6 is 0 Å². The van der Waals surface area contributed by atoms with Crippen molar-refractivity contribution in [3.05, 3.63) is 72.9 Å². The van der Waals surface area contributed by atoms with Crippen LogP contribution in [-0.2, 0) is 19.1 Å². The first kappa shape index (κ1) is 44.9. The van der Waals surface area contributed by atoms with Crippen LogP contribution < -0.4 is 5.32 Å². The summed E-state index contributed by atoms with van der Waals surface area (Å²) in [6.45, 7) is 4.05. The molecule has 6 nitrogen and oxygen atoms in total. The molecule has 0 bridgehead atoms. The van der Waals surface area contributed by atoms with Crippen LogP contribution in [0.15, 0.2) is 72.9 Å². The number of allylic oxidation sites excluding steroid dienone is 12. The minimum Gasteiger partial charge on any atom is -0.480 e. The number of carbonyl (C=O) groups is 3. The first-order valence-corrected chi connectivity index (χ1v) is 19.1. The molecule has 0 heterocycles. The smallest absolute Gasteiger partial charge is 0.322 e. The summed E-state index contributed by atoms with van der Waals surface area (Å²) in [6.07, 6.45) is 48.7. The van der Waals surface area contributed by atoms with Crippen molar-refractivity contribution in [2.24, 2.45) is 0 Å². The van der Waals surface area contributed by atoms with Gasteiger partial charge in [0.05, 0.1) is 0 Å². The molecule has 0 saturated carbocycles. The summed E-state index contributed by atoms with van der Waals surface area (Å²) < 4.78 is 5.96. The molecule has 2 N–H and O–H groups in total. The molecule has 0 fully saturated rings. The van der Waals surface area contributed by atoms with Crippen molar-refractivity contribution in [3.8, 4) is 0 Å². The number of hydrogen-bond donors (Lipinski definition) is 2. The maximum atomic E-state index is 12.7. The number of aliphatic carboxylic acids is 1. The van der Waals surface area contributed by atoms with Gasteiger partial charge in [0.1, 0.15) is 12.6 Å². The van der Waals surface area contributed by atoms with Gasteiger partial charge in [-0.15, -0.1) is 0 Å². The van der Waals surface area contributed by atoms with Crippen molar-refractivity contribution in [3.63, 3.8) is 0 Å². The van der Waals surface area contributed by atoms with Crippen LogP contribution in [0.3, 0.4) is 0 Å². The summed E-state index contributed by atoms with van der Waals surface area (Å²) in [4.78, 5) is 34.9. The highest BCUT2D eigenvalue weighted by molar-refractivity contribution is 5.80. The molecule has 1 atom stereocenters. The highest BCUT2D eigenvalue weighted by Crippen LogP contribution is 2.17. The fourth-order valence-corrected chi connectivity index (χ4v) is 5.07. The summed E-state index contributed by atoms with van der Waals surface area (Å²) >= 11 is 0. The number of carboxylic acids is 1. The van der Waals surface area contributed by atoms with E-state index in [2.05, 4.69) is 92.1 Å². The van der Waals surface area contributed by atoms with E-state index in [0.29, 0.717) is 12.8 Å². The molecule has 0 aliphatic carbocycles. The van der Waals surface area contributed by atoms with E-state index < -0.39 is 5.97 Å². The van der Waals surface area contributed by atoms with E-state index in [1.807, 2.05) is 0 Å². The van der Waals surface area contributed by atoms with Gasteiger partial charge in [-0.25, -0.2) is 0 Å². The van der Waals surface area contributed by atoms with Gasteiger partial charge in [-0.05, 0) is 103 Å². The van der Waals surface area contributed by atoms with E-state index in [0.717, 1.165) is 109 Å². The van der Waals surface area contributed by atoms with Gasteiger partial charge >= 0.3 is 11.9 Å². The number of esters is 1. The highest BCUT2D eigenvalue weighted by Gasteiger charge is 2.14. The van der Waals surface area contributed by atoms with Crippen LogP contribution in [0, 0.1) is 0 Å². The second-order valence-corrected chi connectivity index (χ2v) is 12.4. The van der Waals surface area contributed by atoms with E-state index in [1.54, 1.807) is 0 Å². The fourth-order valence-electron chi connectivity index (χ4n) is 5.07. The number of ether oxygens (including phenoxy) is 1. The maximum absolute atomic E-state index is 12.7. The van der Waals surface area contributed by atoms with Gasteiger partial charge in [-0.1, -0.05) is 119 Å². The average molecular weight is 668 g/mol. The van der Waals surface area contributed by atoms with Crippen LogP contribution in [0.4, 0.5) is 0 Å². The zero-order chi connectivity index (χ0) is 35.2. The lowest BCUT2D eigenvalue weighted by Gasteiger charge is -2.18. The van der Waals surface area contributed by atoms with Gasteiger partial charge in [0.25, 0.3) is 0 Å². The second-order valence-electron chi connectivity index (χ2n) is 12.4. The Balaban J connectivity index is 4.35. The molecule has 0 saturated heterocycles. The lowest BCUT2D eigenvalue weighted by molar-refractivity contribution is -0.150. The quantitative estimate of drug-likeness (QED) is 0.0413. The Hall–Kier alpha value is -3.15. The first-order valence-electron chi connectivity index (χ1n) is 19.1. The number of carbonyl (C=O) groups excluding carboxylic acids is 2. The van der Waals surface area contributed by atoms with Gasteiger partial charge < -0.3 is 15.2 Å². The molecule has 272 valence electrons. The monoisotopic (exact) mass is 668 g/mol. The van der Waals surface area contributed by atoms with Crippen molar-refractivity contribution < 1.29 is 24.2 Å². The topological polar surface area (TPSA) is 92.7 Å². The van der Waals surface area contributed by atoms with Gasteiger partial charge in [-0.2, -0.15) is 0 Å². The van der Waals surface area contributed by atoms with Crippen LogP contribution in [0.25, 0.3) is 0 Å². The molecule has 1 amide bonds. The Morgan fingerprint density at radius 1 is 0.562 bits per heavy atom. The average Bonchev–Trinajstić information content (AvgIpc) is 3.07. The Labute approximate surface area is 294 Å². The normalized spacial score (nSPS) is 12.9. The summed E-state index contributed by atoms with van der Waals surface area (Å²) in [5, 5.41) is 11.1. The first-order chi connectivity index (χ1) is 23.5. The molecule has 0 aliphatic rings. The van der Waals surface area contributed by atoms with Gasteiger partial charge in [-0.3, -0.25) is 14.4 Å². The minimum absolute atomic E-state index is 0.0412. The van der Waals surface area contributed by atoms with Crippen molar-refractivity contribution >= 4 is 17.8 Å². The standard InChI is InChI=1S/C42H69NO5/c1-3-5-7-9-11-13-15-16-17-18-20-22-24-29-33-37-42(47)48-39(34-30-26-23-21-19-14-12-10-8-6-4-2)35-31-27-25-28-32-36-40(44)43-38-41(45)46/h5,7,11-14,16-17,20-23,39H,3-4,6,8-10,15,18-19,24-38H2,1-2H3,(H,43,44)(H,45,46)/b7-5-,13-11-,14-12-,17-16-,22-20-,23-21-. The van der Waals surface area contributed by atoms with Gasteiger partial charge in [0, 0.05) is 12.8 Å². The molecule has 1 unspecified atom stereocenters. The van der Waals surface area contributed by atoms with Crippen molar-refractivity contribution in [1.29, 1.82) is 0 Å². The summed E-state index contributed by atoms with van der Waals surface area (Å²) in [6, 6.07) is 0. The SMILES string of the molecule is CC/C=C\C/C=C\C/C=C\C/C=C\CCCCC(=O)OC(CCC/C=C\C/C=C\CCCCC)CCCCCCCC(=O)NCC(=O)O. The van der Waals surface area contributed by atoms with Crippen LogP contribution in [0.5, 0.6) is 0 Å². The van der Waals surface area contributed by atoms with Crippen molar-refractivity contribution in [2.75, 3.05) is 6.54 Å². The lowest BCUT2D eigenvalue weighted by atomic mass is 10.0. The lowest BCUT2D eigenvalue weighted by Crippen LogP contribution is -2.28. The van der Waals surface area contributed by atoms with Crippen LogP contribution in [0.2, 0.25) is 0 Å². The largest absolute Gasteiger partial charge is 0.480 e. The van der Waals surface area contributed by atoms with E-state index in [9.17, 15) is 14.4 Å². The molecule has 0 rings (SSSR count). The maximum Gasteiger partial charge on any atom is 0.322 e. The molecule has 0 aliphatic heterocycles. The van der Waals surface area contributed by atoms with E-state index in [-0.39, 0.29) is 24.5 Å². The summed E-state index contributed by atoms with van der Waals surface area (Å²) in [7, 11) is 0. The Kier molecular flexibility index (Phi) is 34.3. The zero-order valence-corrected chi connectivity index (χ0v) is 30.6. The van der Waals surface area contributed by atoms with Gasteiger partial charge in [0.15, 0.2) is 0 Å². The Bertz CT molecular complexity index is 959. The number of amides is 1. The van der Waals surface area contributed by atoms with Crippen molar-refractivity contribution in [2.45, 2.75) is 168 Å². The Morgan fingerprint density at radius 3 is 1.62 bits per heavy atom. The second kappa shape index (κ2) is 36.7. The zero-order valence-electron chi connectivity index (χ0n) is 30.6. The van der Waals surface area contributed by atoms with Crippen LogP contribution in [0.1, 0.15) is 162 Å². The molecule has 0 aromatic carbocycles. The molecule has 6 heteroatoms. The number of unbranched alkanes of at least 4 members (excludes halogenated alkanes) is 10. The third-order valence-electron chi connectivity index (χ3n) is 7.86. The third-order valence-corrected chi connectivity index (χ3v) is 7.86. The highest BCUT2D eigenvalue weighted by atomic mass is 16.5. The third kappa shape index (κ3) is 35.7. The molecular formula is C42H69NO5. The Morgan fingerprint density at radius 2 is 1.04 bits per heavy atom. The summed E-state index contributed by atoms with van der Waals surface area (Å²) in [5.41, 5.74) is 0. The molecule has 0 aromatic rings. The number of nitrogens with one attached hydrogen (secondary N) is 1. The number of rotatable bonds is 33. The minimum atomic E-state index is -1.03. The van der Waals surface area contributed by atoms with Crippen LogP contribution in [-0.4, -0.2) is 35.6 Å². The van der Waals surface area contributed by atoms with Gasteiger partial charge in [0.2, 0.25) is 5.91 Å². The van der Waals surface area contributed by atoms with E-state index in [1.165, 1.54) is 25.7 Å². The molecule has 0 radical (unpaired) electrons. The molecule has 0 aromatic heterocycles. The van der Waals surface area contributed by atoms with E-state index >= 15 is 0 Å².